The van der Waals surface area contributed by atoms with Crippen LogP contribution in [-0.2, 0) is 14.3 Å². The number of nitrogens with one attached hydrogen (secondary N) is 1. The van der Waals surface area contributed by atoms with Crippen molar-refractivity contribution in [2.45, 2.75) is 63.3 Å². The third kappa shape index (κ3) is 5.05. The van der Waals surface area contributed by atoms with Gasteiger partial charge >= 0.3 is 0 Å². The van der Waals surface area contributed by atoms with Gasteiger partial charge in [0, 0.05) is 37.4 Å². The molecule has 2 aromatic rings. The Balaban J connectivity index is 1.39. The van der Waals surface area contributed by atoms with Crippen molar-refractivity contribution in [1.29, 1.82) is 0 Å². The summed E-state index contributed by atoms with van der Waals surface area (Å²) in [6, 6.07) is 10.9. The van der Waals surface area contributed by atoms with Crippen molar-refractivity contribution in [3.8, 4) is 5.75 Å². The molecule has 1 fully saturated rings. The SMILES string of the molecule is COCC1(C)CC(NC(=O)[C@@H]2CC2[C@@H](c2cccnc2)N2C(=O)CC(C)(C)N=C2N)c2ccccc2O1. The highest BCUT2D eigenvalue weighted by Crippen LogP contribution is 2.51. The molecule has 3 aliphatic rings. The molecule has 0 saturated heterocycles. The summed E-state index contributed by atoms with van der Waals surface area (Å²) in [6.07, 6.45) is 4.92. The van der Waals surface area contributed by atoms with Crippen LogP contribution in [0.4, 0.5) is 0 Å². The maximum absolute atomic E-state index is 13.6. The summed E-state index contributed by atoms with van der Waals surface area (Å²) >= 11 is 0. The van der Waals surface area contributed by atoms with Crippen LogP contribution in [0, 0.1) is 11.8 Å². The highest BCUT2D eigenvalue weighted by molar-refractivity contribution is 5.99. The number of rotatable bonds is 7. The quantitative estimate of drug-likeness (QED) is 0.597. The zero-order chi connectivity index (χ0) is 26.4. The summed E-state index contributed by atoms with van der Waals surface area (Å²) in [7, 11) is 1.65. The lowest BCUT2D eigenvalue weighted by Gasteiger charge is -2.40. The van der Waals surface area contributed by atoms with Gasteiger partial charge < -0.3 is 20.5 Å². The fourth-order valence-corrected chi connectivity index (χ4v) is 5.80. The van der Waals surface area contributed by atoms with Crippen LogP contribution in [-0.4, -0.2) is 52.5 Å². The topological polar surface area (TPSA) is 119 Å². The molecule has 3 N–H and O–H groups in total. The molecule has 5 rings (SSSR count). The monoisotopic (exact) mass is 505 g/mol. The molecule has 1 aromatic heterocycles. The summed E-state index contributed by atoms with van der Waals surface area (Å²) in [4.78, 5) is 37.2. The number of guanidine groups is 1. The van der Waals surface area contributed by atoms with E-state index in [1.807, 2.05) is 57.2 Å². The Morgan fingerprint density at radius 1 is 1.27 bits per heavy atom. The van der Waals surface area contributed by atoms with E-state index in [2.05, 4.69) is 15.3 Å². The average Bonchev–Trinajstić information content (AvgIpc) is 3.62. The van der Waals surface area contributed by atoms with E-state index in [4.69, 9.17) is 15.2 Å². The number of carbonyl (C=O) groups is 2. The zero-order valence-corrected chi connectivity index (χ0v) is 21.8. The molecule has 2 aliphatic heterocycles. The molecule has 5 atom stereocenters. The molecule has 1 aliphatic carbocycles. The van der Waals surface area contributed by atoms with Crippen molar-refractivity contribution in [3.05, 3.63) is 59.9 Å². The second kappa shape index (κ2) is 9.45. The number of benzene rings is 1. The first-order valence-electron chi connectivity index (χ1n) is 12.8. The Labute approximate surface area is 217 Å². The van der Waals surface area contributed by atoms with Crippen LogP contribution in [0.3, 0.4) is 0 Å². The zero-order valence-electron chi connectivity index (χ0n) is 21.8. The normalized spacial score (nSPS) is 29.0. The fourth-order valence-electron chi connectivity index (χ4n) is 5.80. The Hall–Kier alpha value is -3.46. The number of hydrogen-bond acceptors (Lipinski definition) is 7. The van der Waals surface area contributed by atoms with E-state index in [-0.39, 0.29) is 42.1 Å². The predicted molar refractivity (Wildman–Crippen MR) is 139 cm³/mol. The van der Waals surface area contributed by atoms with Gasteiger partial charge in [-0.25, -0.2) is 4.99 Å². The molecule has 9 heteroatoms. The average molecular weight is 506 g/mol. The van der Waals surface area contributed by atoms with Crippen LogP contribution in [0.2, 0.25) is 0 Å². The number of para-hydroxylation sites is 1. The molecule has 37 heavy (non-hydrogen) atoms. The molecule has 196 valence electrons. The van der Waals surface area contributed by atoms with Crippen molar-refractivity contribution >= 4 is 17.8 Å². The number of amides is 2. The highest BCUT2D eigenvalue weighted by Gasteiger charge is 2.53. The molecular formula is C28H35N5O4. The van der Waals surface area contributed by atoms with Crippen LogP contribution < -0.4 is 15.8 Å². The van der Waals surface area contributed by atoms with Gasteiger partial charge in [-0.3, -0.25) is 19.5 Å². The van der Waals surface area contributed by atoms with Crippen LogP contribution in [0.5, 0.6) is 5.75 Å². The van der Waals surface area contributed by atoms with E-state index < -0.39 is 17.2 Å². The molecule has 0 spiro atoms. The molecule has 9 nitrogen and oxygen atoms in total. The number of aliphatic imine (C=N–C) groups is 1. The number of carbonyl (C=O) groups excluding carboxylic acids is 2. The molecule has 3 unspecified atom stereocenters. The molecule has 0 radical (unpaired) electrons. The first kappa shape index (κ1) is 25.2. The van der Waals surface area contributed by atoms with E-state index >= 15 is 0 Å². The van der Waals surface area contributed by atoms with Gasteiger partial charge in [-0.2, -0.15) is 0 Å². The number of hydrogen-bond donors (Lipinski definition) is 2. The van der Waals surface area contributed by atoms with Crippen LogP contribution >= 0.6 is 0 Å². The van der Waals surface area contributed by atoms with Gasteiger partial charge in [-0.1, -0.05) is 24.3 Å². The van der Waals surface area contributed by atoms with Gasteiger partial charge in [0.1, 0.15) is 11.4 Å². The van der Waals surface area contributed by atoms with Gasteiger partial charge in [-0.05, 0) is 50.8 Å². The Bertz CT molecular complexity index is 1220. The lowest BCUT2D eigenvalue weighted by molar-refractivity contribution is -0.132. The van der Waals surface area contributed by atoms with Crippen molar-refractivity contribution in [2.75, 3.05) is 13.7 Å². The lowest BCUT2D eigenvalue weighted by atomic mass is 9.88. The minimum atomic E-state index is -0.555. The van der Waals surface area contributed by atoms with Crippen molar-refractivity contribution in [3.63, 3.8) is 0 Å². The summed E-state index contributed by atoms with van der Waals surface area (Å²) in [5, 5.41) is 3.27. The van der Waals surface area contributed by atoms with Gasteiger partial charge in [0.25, 0.3) is 0 Å². The largest absolute Gasteiger partial charge is 0.485 e. The van der Waals surface area contributed by atoms with E-state index in [0.717, 1.165) is 16.9 Å². The van der Waals surface area contributed by atoms with Crippen LogP contribution in [0.15, 0.2) is 53.8 Å². The number of pyridine rings is 1. The Kier molecular flexibility index (Phi) is 6.43. The number of nitrogens with zero attached hydrogens (tertiary/aromatic N) is 3. The summed E-state index contributed by atoms with van der Waals surface area (Å²) in [5.41, 5.74) is 7.03. The molecule has 1 saturated carbocycles. The minimum absolute atomic E-state index is 0.0411. The van der Waals surface area contributed by atoms with Gasteiger partial charge in [0.2, 0.25) is 11.8 Å². The fraction of sp³-hybridized carbons (Fsp3) is 0.500. The van der Waals surface area contributed by atoms with Gasteiger partial charge in [0.15, 0.2) is 5.96 Å². The number of aromatic nitrogens is 1. The molecule has 2 amide bonds. The van der Waals surface area contributed by atoms with Crippen LogP contribution in [0.1, 0.15) is 63.2 Å². The summed E-state index contributed by atoms with van der Waals surface area (Å²) in [6.45, 7) is 6.19. The summed E-state index contributed by atoms with van der Waals surface area (Å²) in [5.74, 6) is 0.458. The predicted octanol–water partition coefficient (Wildman–Crippen LogP) is 3.13. The second-order valence-electron chi connectivity index (χ2n) is 11.2. The van der Waals surface area contributed by atoms with Crippen molar-refractivity contribution < 1.29 is 19.1 Å². The maximum Gasteiger partial charge on any atom is 0.232 e. The van der Waals surface area contributed by atoms with E-state index in [9.17, 15) is 9.59 Å². The molecule has 0 bridgehead atoms. The third-order valence-corrected chi connectivity index (χ3v) is 7.46. The summed E-state index contributed by atoms with van der Waals surface area (Å²) < 4.78 is 11.6. The number of methoxy groups -OCH3 is 1. The number of fused-ring (bicyclic) bond motifs is 1. The Morgan fingerprint density at radius 3 is 2.76 bits per heavy atom. The van der Waals surface area contributed by atoms with Crippen molar-refractivity contribution in [1.82, 2.24) is 15.2 Å². The lowest BCUT2D eigenvalue weighted by Crippen LogP contribution is -2.52. The maximum atomic E-state index is 13.6. The second-order valence-corrected chi connectivity index (χ2v) is 11.2. The van der Waals surface area contributed by atoms with E-state index in [1.54, 1.807) is 24.4 Å². The third-order valence-electron chi connectivity index (χ3n) is 7.46. The molecular weight excluding hydrogens is 470 g/mol. The Morgan fingerprint density at radius 2 is 2.05 bits per heavy atom. The number of nitrogens with two attached hydrogens (primary N) is 1. The highest BCUT2D eigenvalue weighted by atomic mass is 16.5. The van der Waals surface area contributed by atoms with Crippen LogP contribution in [0.25, 0.3) is 0 Å². The standard InChI is InChI=1S/C28H35N5O4/c1-27(2)14-23(34)33(26(29)32-27)24(17-8-7-11-30-15-17)19-12-20(19)25(35)31-21-13-28(3,16-36-4)37-22-10-6-5-9-18(21)22/h5-11,15,19-21,24H,12-14,16H2,1-4H3,(H2,29,32)(H,31,35)/t19?,20-,21?,24-,28?/m1/s1. The van der Waals surface area contributed by atoms with E-state index in [0.29, 0.717) is 19.4 Å². The van der Waals surface area contributed by atoms with Gasteiger partial charge in [-0.15, -0.1) is 0 Å². The number of ether oxygens (including phenoxy) is 2. The smallest absolute Gasteiger partial charge is 0.232 e. The van der Waals surface area contributed by atoms with Crippen molar-refractivity contribution in [2.24, 2.45) is 22.6 Å². The minimum Gasteiger partial charge on any atom is -0.485 e. The first-order chi connectivity index (χ1) is 17.6. The molecule has 3 heterocycles. The molecule has 1 aromatic carbocycles. The van der Waals surface area contributed by atoms with Gasteiger partial charge in [0.05, 0.1) is 30.7 Å². The van der Waals surface area contributed by atoms with E-state index in [1.165, 1.54) is 0 Å². The first-order valence-corrected chi connectivity index (χ1v) is 12.8.